The van der Waals surface area contributed by atoms with E-state index in [1.807, 2.05) is 12.1 Å². The Morgan fingerprint density at radius 1 is 1.10 bits per heavy atom. The number of amides is 3. The van der Waals surface area contributed by atoms with Crippen molar-refractivity contribution < 1.29 is 18.8 Å². The molecule has 1 aromatic rings. The van der Waals surface area contributed by atoms with Crippen LogP contribution in [-0.2, 0) is 14.4 Å². The van der Waals surface area contributed by atoms with Crippen molar-refractivity contribution in [1.82, 2.24) is 15.1 Å². The van der Waals surface area contributed by atoms with E-state index < -0.39 is 0 Å². The number of piperidine rings is 1. The van der Waals surface area contributed by atoms with Crippen molar-refractivity contribution in [3.63, 3.8) is 0 Å². The zero-order valence-corrected chi connectivity index (χ0v) is 16.5. The molecule has 3 fully saturated rings. The van der Waals surface area contributed by atoms with Gasteiger partial charge in [0.05, 0.1) is 24.1 Å². The summed E-state index contributed by atoms with van der Waals surface area (Å²) >= 11 is 0. The highest BCUT2D eigenvalue weighted by atomic mass is 16.3. The van der Waals surface area contributed by atoms with E-state index in [1.54, 1.807) is 6.26 Å². The Morgan fingerprint density at radius 2 is 1.79 bits per heavy atom. The Labute approximate surface area is 170 Å². The van der Waals surface area contributed by atoms with Crippen LogP contribution in [0, 0.1) is 23.7 Å². The molecule has 0 radical (unpaired) electrons. The van der Waals surface area contributed by atoms with E-state index in [9.17, 15) is 14.4 Å². The van der Waals surface area contributed by atoms with Crippen molar-refractivity contribution in [3.8, 4) is 0 Å². The summed E-state index contributed by atoms with van der Waals surface area (Å²) in [7, 11) is 0. The van der Waals surface area contributed by atoms with E-state index >= 15 is 0 Å². The Bertz CT molecular complexity index is 797. The Balaban J connectivity index is 1.21. The van der Waals surface area contributed by atoms with Crippen LogP contribution >= 0.6 is 0 Å². The van der Waals surface area contributed by atoms with Gasteiger partial charge in [0, 0.05) is 6.54 Å². The molecule has 0 aromatic carbocycles. The third-order valence-corrected chi connectivity index (χ3v) is 7.06. The summed E-state index contributed by atoms with van der Waals surface area (Å²) in [4.78, 5) is 41.7. The normalized spacial score (nSPS) is 32.1. The second kappa shape index (κ2) is 7.44. The van der Waals surface area contributed by atoms with Gasteiger partial charge in [-0.25, -0.2) is 0 Å². The maximum Gasteiger partial charge on any atom is 0.240 e. The fraction of sp³-hybridized carbons (Fsp3) is 0.591. The van der Waals surface area contributed by atoms with Crippen LogP contribution in [0.4, 0.5) is 0 Å². The number of hydrogen-bond acceptors (Lipinski definition) is 5. The number of hydrogen-bond donors (Lipinski definition) is 1. The molecule has 1 aromatic heterocycles. The molecule has 7 heteroatoms. The van der Waals surface area contributed by atoms with Gasteiger partial charge in [-0.3, -0.25) is 24.2 Å². The van der Waals surface area contributed by atoms with Crippen LogP contribution in [-0.4, -0.2) is 53.7 Å². The van der Waals surface area contributed by atoms with Gasteiger partial charge in [0.1, 0.15) is 12.3 Å². The first-order valence-electron chi connectivity index (χ1n) is 10.7. The minimum atomic E-state index is -0.291. The molecule has 3 amide bonds. The van der Waals surface area contributed by atoms with Crippen LogP contribution in [0.25, 0.3) is 0 Å². The van der Waals surface area contributed by atoms with Crippen molar-refractivity contribution >= 4 is 17.7 Å². The predicted octanol–water partition coefficient (Wildman–Crippen LogP) is 1.73. The molecule has 154 valence electrons. The van der Waals surface area contributed by atoms with Gasteiger partial charge in [-0.2, -0.15) is 0 Å². The third kappa shape index (κ3) is 3.21. The fourth-order valence-electron chi connectivity index (χ4n) is 5.65. The molecular weight excluding hydrogens is 370 g/mol. The zero-order chi connectivity index (χ0) is 20.0. The summed E-state index contributed by atoms with van der Waals surface area (Å²) < 4.78 is 5.61. The van der Waals surface area contributed by atoms with E-state index in [4.69, 9.17) is 4.42 Å². The van der Waals surface area contributed by atoms with Gasteiger partial charge in [-0.05, 0) is 56.3 Å². The van der Waals surface area contributed by atoms with E-state index in [0.29, 0.717) is 6.54 Å². The molecule has 1 saturated carbocycles. The number of allylic oxidation sites excluding steroid dienone is 2. The fourth-order valence-corrected chi connectivity index (χ4v) is 5.65. The highest BCUT2D eigenvalue weighted by Crippen LogP contribution is 2.52. The first-order chi connectivity index (χ1) is 14.1. The first-order valence-corrected chi connectivity index (χ1v) is 10.7. The van der Waals surface area contributed by atoms with Gasteiger partial charge in [0.25, 0.3) is 0 Å². The number of nitrogens with zero attached hydrogens (tertiary/aromatic N) is 2. The van der Waals surface area contributed by atoms with Gasteiger partial charge in [0.2, 0.25) is 17.7 Å². The number of carbonyl (C=O) groups is 3. The average Bonchev–Trinajstić information content (AvgIpc) is 3.51. The summed E-state index contributed by atoms with van der Waals surface area (Å²) in [5, 5.41) is 2.94. The molecule has 7 nitrogen and oxygen atoms in total. The third-order valence-electron chi connectivity index (χ3n) is 7.06. The highest BCUT2D eigenvalue weighted by molar-refractivity contribution is 6.08. The lowest BCUT2D eigenvalue weighted by Gasteiger charge is -2.33. The number of carbonyl (C=O) groups excluding carboxylic acids is 3. The number of furan rings is 1. The van der Waals surface area contributed by atoms with Crippen molar-refractivity contribution in [1.29, 1.82) is 0 Å². The summed E-state index contributed by atoms with van der Waals surface area (Å²) in [6.45, 7) is 2.17. The van der Waals surface area contributed by atoms with Crippen molar-refractivity contribution in [2.24, 2.45) is 23.7 Å². The van der Waals surface area contributed by atoms with Crippen LogP contribution in [0.15, 0.2) is 35.0 Å². The maximum atomic E-state index is 12.8. The van der Waals surface area contributed by atoms with Gasteiger partial charge in [-0.1, -0.05) is 18.6 Å². The molecule has 2 aliphatic heterocycles. The molecule has 2 saturated heterocycles. The molecule has 3 heterocycles. The molecule has 4 aliphatic rings. The van der Waals surface area contributed by atoms with Crippen molar-refractivity contribution in [3.05, 3.63) is 36.3 Å². The number of rotatable bonds is 6. The Hall–Kier alpha value is -2.41. The second-order valence-electron chi connectivity index (χ2n) is 8.69. The molecule has 1 N–H and O–H groups in total. The first kappa shape index (κ1) is 18.6. The lowest BCUT2D eigenvalue weighted by Crippen LogP contribution is -2.45. The van der Waals surface area contributed by atoms with Gasteiger partial charge in [-0.15, -0.1) is 0 Å². The second-order valence-corrected chi connectivity index (χ2v) is 8.69. The van der Waals surface area contributed by atoms with Gasteiger partial charge in [0.15, 0.2) is 0 Å². The molecule has 0 unspecified atom stereocenters. The summed E-state index contributed by atoms with van der Waals surface area (Å²) in [6.07, 6.45) is 10.2. The topological polar surface area (TPSA) is 82.9 Å². The molecule has 0 spiro atoms. The summed E-state index contributed by atoms with van der Waals surface area (Å²) in [5.74, 6) is 0.00686. The number of imide groups is 1. The van der Waals surface area contributed by atoms with Crippen LogP contribution in [0.2, 0.25) is 0 Å². The largest absolute Gasteiger partial charge is 0.468 e. The SMILES string of the molecule is O=C(CN1C(=O)[C@H]2[C@H](C1=O)[C@H]1C=C[C@H]2C1)NC[C@@H](c1ccco1)N1CCCCC1. The molecule has 2 aliphatic carbocycles. The predicted molar refractivity (Wildman–Crippen MR) is 104 cm³/mol. The molecular formula is C22H27N3O4. The van der Waals surface area contributed by atoms with Crippen LogP contribution in [0.3, 0.4) is 0 Å². The zero-order valence-electron chi connectivity index (χ0n) is 16.5. The van der Waals surface area contributed by atoms with E-state index in [1.165, 1.54) is 11.3 Å². The van der Waals surface area contributed by atoms with Crippen LogP contribution in [0.1, 0.15) is 37.5 Å². The Kier molecular flexibility index (Phi) is 4.78. The van der Waals surface area contributed by atoms with Gasteiger partial charge >= 0.3 is 0 Å². The van der Waals surface area contributed by atoms with E-state index in [-0.39, 0.29) is 54.0 Å². The lowest BCUT2D eigenvalue weighted by atomic mass is 9.85. The molecule has 29 heavy (non-hydrogen) atoms. The number of likely N-dealkylation sites (tertiary alicyclic amines) is 2. The molecule has 2 bridgehead atoms. The minimum absolute atomic E-state index is 0.0290. The number of fused-ring (bicyclic) bond motifs is 5. The van der Waals surface area contributed by atoms with Crippen molar-refractivity contribution in [2.75, 3.05) is 26.2 Å². The monoisotopic (exact) mass is 397 g/mol. The van der Waals surface area contributed by atoms with Crippen LogP contribution < -0.4 is 5.32 Å². The summed E-state index contributed by atoms with van der Waals surface area (Å²) in [6, 6.07) is 3.76. The highest BCUT2D eigenvalue weighted by Gasteiger charge is 2.59. The quantitative estimate of drug-likeness (QED) is 0.584. The van der Waals surface area contributed by atoms with E-state index in [2.05, 4.69) is 22.4 Å². The Morgan fingerprint density at radius 3 is 2.41 bits per heavy atom. The van der Waals surface area contributed by atoms with Crippen LogP contribution in [0.5, 0.6) is 0 Å². The molecule has 5 rings (SSSR count). The molecule has 5 atom stereocenters. The van der Waals surface area contributed by atoms with Gasteiger partial charge < -0.3 is 9.73 Å². The summed E-state index contributed by atoms with van der Waals surface area (Å²) in [5.41, 5.74) is 0. The van der Waals surface area contributed by atoms with E-state index in [0.717, 1.165) is 38.1 Å². The standard InChI is InChI=1S/C22H27N3O4/c26-18(13-25-21(27)19-14-6-7-15(11-14)20(19)22(25)28)23-12-16(17-5-4-10-29-17)24-8-2-1-3-9-24/h4-7,10,14-16,19-20H,1-3,8-9,11-13H2,(H,23,26)/t14-,15-,16-,19+,20+/m0/s1. The van der Waals surface area contributed by atoms with Crippen molar-refractivity contribution in [2.45, 2.75) is 31.7 Å². The average molecular weight is 397 g/mol. The number of nitrogens with one attached hydrogen (secondary N) is 1. The smallest absolute Gasteiger partial charge is 0.240 e. The maximum absolute atomic E-state index is 12.8. The minimum Gasteiger partial charge on any atom is -0.468 e. The lowest BCUT2D eigenvalue weighted by molar-refractivity contribution is -0.144.